The average Bonchev–Trinajstić information content (AvgIpc) is 2.50. The van der Waals surface area contributed by atoms with Crippen molar-refractivity contribution in [2.24, 2.45) is 0 Å². The van der Waals surface area contributed by atoms with E-state index < -0.39 is 0 Å². The van der Waals surface area contributed by atoms with Crippen molar-refractivity contribution in [3.8, 4) is 17.2 Å². The molecular formula is C8H7BrMgO3. The van der Waals surface area contributed by atoms with Crippen molar-refractivity contribution in [2.45, 2.75) is 0 Å². The van der Waals surface area contributed by atoms with Gasteiger partial charge in [-0.3, -0.25) is 0 Å². The van der Waals surface area contributed by atoms with Crippen molar-refractivity contribution < 1.29 is 31.2 Å². The molecule has 3 nitrogen and oxygen atoms in total. The molecule has 0 bridgehead atoms. The number of halogens is 1. The topological polar surface area (TPSA) is 27.7 Å². The molecule has 5 heteroatoms. The quantitative estimate of drug-likeness (QED) is 0.423. The molecule has 1 aliphatic heterocycles. The van der Waals surface area contributed by atoms with Crippen LogP contribution in [0.2, 0.25) is 0 Å². The molecular weight excluding hydrogens is 248 g/mol. The third-order valence-electron chi connectivity index (χ3n) is 1.51. The van der Waals surface area contributed by atoms with Crippen LogP contribution < -0.4 is 31.2 Å². The van der Waals surface area contributed by atoms with Gasteiger partial charge in [0.05, 0.1) is 24.4 Å². The molecule has 1 aliphatic rings. The van der Waals surface area contributed by atoms with Crippen LogP contribution >= 0.6 is 0 Å². The summed E-state index contributed by atoms with van der Waals surface area (Å²) >= 11 is 0. The first-order valence-corrected chi connectivity index (χ1v) is 3.25. The minimum atomic E-state index is 0. The van der Waals surface area contributed by atoms with Crippen molar-refractivity contribution in [2.75, 3.05) is 13.9 Å². The fourth-order valence-corrected chi connectivity index (χ4v) is 0.999. The summed E-state index contributed by atoms with van der Waals surface area (Å²) < 4.78 is 15.3. The van der Waals surface area contributed by atoms with Gasteiger partial charge in [-0.05, 0) is 0 Å². The monoisotopic (exact) mass is 254 g/mol. The summed E-state index contributed by atoms with van der Waals surface area (Å²) in [5.41, 5.74) is 0. The predicted molar refractivity (Wildman–Crippen MR) is 43.7 cm³/mol. The van der Waals surface area contributed by atoms with Crippen LogP contribution in [-0.4, -0.2) is 37.0 Å². The molecule has 0 aliphatic carbocycles. The number of methoxy groups -OCH3 is 1. The Balaban J connectivity index is 0.000000720. The Morgan fingerprint density at radius 2 is 2.15 bits per heavy atom. The average molecular weight is 255 g/mol. The van der Waals surface area contributed by atoms with E-state index >= 15 is 0 Å². The number of ether oxygens (including phenoxy) is 3. The molecule has 1 aromatic rings. The van der Waals surface area contributed by atoms with Crippen LogP contribution in [0.25, 0.3) is 0 Å². The molecule has 0 spiro atoms. The van der Waals surface area contributed by atoms with Crippen LogP contribution in [0.4, 0.5) is 0 Å². The van der Waals surface area contributed by atoms with E-state index in [1.54, 1.807) is 19.2 Å². The summed E-state index contributed by atoms with van der Waals surface area (Å²) in [7, 11) is 1.59. The van der Waals surface area contributed by atoms with Gasteiger partial charge in [0.25, 0.3) is 0 Å². The molecule has 0 unspecified atom stereocenters. The van der Waals surface area contributed by atoms with Gasteiger partial charge in [0.15, 0.2) is 0 Å². The molecule has 13 heavy (non-hydrogen) atoms. The van der Waals surface area contributed by atoms with Gasteiger partial charge in [0, 0.05) is 0 Å². The van der Waals surface area contributed by atoms with Crippen LogP contribution in [0.15, 0.2) is 12.1 Å². The van der Waals surface area contributed by atoms with Crippen LogP contribution in [-0.2, 0) is 0 Å². The van der Waals surface area contributed by atoms with Crippen molar-refractivity contribution in [1.82, 2.24) is 0 Å². The second-order valence-electron chi connectivity index (χ2n) is 2.12. The smallest absolute Gasteiger partial charge is 1.00 e. The zero-order valence-electron chi connectivity index (χ0n) is 7.17. The normalized spacial score (nSPS) is 11.2. The number of fused-ring (bicyclic) bond motifs is 1. The van der Waals surface area contributed by atoms with Gasteiger partial charge in [-0.15, -0.1) is 12.1 Å². The first-order valence-electron chi connectivity index (χ1n) is 3.25. The standard InChI is InChI=1S/C8H7O3.BrH.Mg/c1-9-6-3-2-4-7-8(6)11-5-10-7;;/h3-4H,5H2,1H3;1H;/q-1;;+2/p-1. The van der Waals surface area contributed by atoms with E-state index in [4.69, 9.17) is 14.2 Å². The van der Waals surface area contributed by atoms with E-state index in [0.717, 1.165) is 0 Å². The van der Waals surface area contributed by atoms with E-state index in [-0.39, 0.29) is 46.8 Å². The van der Waals surface area contributed by atoms with Crippen molar-refractivity contribution >= 4 is 23.1 Å². The van der Waals surface area contributed by atoms with Gasteiger partial charge in [0.1, 0.15) is 0 Å². The van der Waals surface area contributed by atoms with Gasteiger partial charge in [-0.1, -0.05) is 0 Å². The molecule has 0 radical (unpaired) electrons. The van der Waals surface area contributed by atoms with E-state index in [1.807, 2.05) is 0 Å². The molecule has 1 heterocycles. The number of hydrogen-bond donors (Lipinski definition) is 0. The van der Waals surface area contributed by atoms with Gasteiger partial charge in [-0.2, -0.15) is 6.07 Å². The Kier molecular flexibility index (Phi) is 5.51. The molecule has 0 saturated heterocycles. The molecule has 1 aromatic carbocycles. The van der Waals surface area contributed by atoms with Crippen LogP contribution in [0.1, 0.15) is 0 Å². The Hall–Kier alpha value is -0.134. The molecule has 0 amide bonds. The summed E-state index contributed by atoms with van der Waals surface area (Å²) in [5.74, 6) is 2.04. The maximum atomic E-state index is 5.15. The van der Waals surface area contributed by atoms with E-state index in [9.17, 15) is 0 Å². The fourth-order valence-electron chi connectivity index (χ4n) is 0.999. The minimum Gasteiger partial charge on any atom is -1.00 e. The second-order valence-corrected chi connectivity index (χ2v) is 2.12. The summed E-state index contributed by atoms with van der Waals surface area (Å²) in [6, 6.07) is 6.33. The van der Waals surface area contributed by atoms with E-state index in [0.29, 0.717) is 17.2 Å². The minimum absolute atomic E-state index is 0. The Bertz CT molecular complexity index is 280. The van der Waals surface area contributed by atoms with Crippen LogP contribution in [0.5, 0.6) is 17.2 Å². The molecule has 0 fully saturated rings. The molecule has 0 aromatic heterocycles. The fraction of sp³-hybridized carbons (Fsp3) is 0.250. The van der Waals surface area contributed by atoms with Crippen molar-refractivity contribution in [3.05, 3.63) is 18.2 Å². The Morgan fingerprint density at radius 3 is 2.85 bits per heavy atom. The van der Waals surface area contributed by atoms with Gasteiger partial charge in [-0.25, -0.2) is 0 Å². The molecule has 0 saturated carbocycles. The van der Waals surface area contributed by atoms with Crippen LogP contribution in [0, 0.1) is 6.07 Å². The Morgan fingerprint density at radius 1 is 1.38 bits per heavy atom. The molecule has 0 N–H and O–H groups in total. The number of benzene rings is 1. The van der Waals surface area contributed by atoms with Crippen molar-refractivity contribution in [1.29, 1.82) is 0 Å². The first-order chi connectivity index (χ1) is 5.42. The second kappa shape index (κ2) is 5.57. The molecule has 2 rings (SSSR count). The third-order valence-corrected chi connectivity index (χ3v) is 1.51. The summed E-state index contributed by atoms with van der Waals surface area (Å²) in [6.07, 6.45) is 0. The zero-order chi connectivity index (χ0) is 7.68. The summed E-state index contributed by atoms with van der Waals surface area (Å²) in [4.78, 5) is 0. The SMILES string of the molecule is COc1c[c-]cc2c1OCO2.[Br-].[Mg+2]. The van der Waals surface area contributed by atoms with Gasteiger partial charge < -0.3 is 31.2 Å². The number of hydrogen-bond acceptors (Lipinski definition) is 3. The van der Waals surface area contributed by atoms with E-state index in [2.05, 4.69) is 6.07 Å². The predicted octanol–water partition coefficient (Wildman–Crippen LogP) is -2.15. The largest absolute Gasteiger partial charge is 2.00 e. The van der Waals surface area contributed by atoms with E-state index in [1.165, 1.54) is 0 Å². The Labute approximate surface area is 103 Å². The van der Waals surface area contributed by atoms with Crippen LogP contribution in [0.3, 0.4) is 0 Å². The zero-order valence-corrected chi connectivity index (χ0v) is 10.2. The summed E-state index contributed by atoms with van der Waals surface area (Å²) in [6.45, 7) is 0.267. The van der Waals surface area contributed by atoms with Gasteiger partial charge in [0.2, 0.25) is 6.79 Å². The molecule has 0 atom stereocenters. The first kappa shape index (κ1) is 12.9. The maximum absolute atomic E-state index is 5.15. The summed E-state index contributed by atoms with van der Waals surface area (Å²) in [5, 5.41) is 0. The molecule has 66 valence electrons. The van der Waals surface area contributed by atoms with Gasteiger partial charge >= 0.3 is 23.1 Å². The number of rotatable bonds is 1. The maximum Gasteiger partial charge on any atom is 2.00 e. The van der Waals surface area contributed by atoms with Crippen molar-refractivity contribution in [3.63, 3.8) is 0 Å². The third kappa shape index (κ3) is 2.42.